The molecule has 6 nitrogen and oxygen atoms in total. The van der Waals surface area contributed by atoms with Crippen LogP contribution in [0.1, 0.15) is 53.3 Å². The fourth-order valence-electron chi connectivity index (χ4n) is 3.97. The number of fused-ring (bicyclic) bond motifs is 1. The molecule has 166 valence electrons. The quantitative estimate of drug-likeness (QED) is 0.463. The van der Waals surface area contributed by atoms with Crippen molar-refractivity contribution in [1.29, 1.82) is 0 Å². The van der Waals surface area contributed by atoms with Crippen molar-refractivity contribution in [3.8, 4) is 5.75 Å². The summed E-state index contributed by atoms with van der Waals surface area (Å²) in [5.74, 6) is 0.319. The van der Waals surface area contributed by atoms with Gasteiger partial charge in [-0.05, 0) is 67.6 Å². The molecule has 2 aromatic carbocycles. The molecule has 2 heterocycles. The predicted octanol–water partition coefficient (Wildman–Crippen LogP) is 5.01. The predicted molar refractivity (Wildman–Crippen MR) is 126 cm³/mol. The van der Waals surface area contributed by atoms with Gasteiger partial charge >= 0.3 is 0 Å². The summed E-state index contributed by atoms with van der Waals surface area (Å²) in [6.45, 7) is 9.86. The van der Waals surface area contributed by atoms with Gasteiger partial charge in [-0.25, -0.2) is 22.4 Å². The van der Waals surface area contributed by atoms with Gasteiger partial charge in [-0.2, -0.15) is 0 Å². The maximum atomic E-state index is 13.4. The van der Waals surface area contributed by atoms with E-state index in [2.05, 4.69) is 4.98 Å². The summed E-state index contributed by atoms with van der Waals surface area (Å²) < 4.78 is 28.0. The SMILES string of the molecule is Cc1ccc(S(=O)(=O)n2cc(C(C)C)c3nc(Cc4c(C)cc(O)cc4C)cnc32)cc1. The highest BCUT2D eigenvalue weighted by Crippen LogP contribution is 2.29. The number of phenolic OH excluding ortho intramolecular Hbond substituents is 1. The number of aromatic nitrogens is 3. The summed E-state index contributed by atoms with van der Waals surface area (Å²) in [5.41, 5.74) is 6.55. The highest BCUT2D eigenvalue weighted by atomic mass is 32.2. The molecule has 0 aliphatic heterocycles. The Morgan fingerprint density at radius 2 is 1.66 bits per heavy atom. The van der Waals surface area contributed by atoms with Crippen LogP contribution in [-0.2, 0) is 16.4 Å². The molecule has 0 unspecified atom stereocenters. The molecule has 2 aromatic heterocycles. The van der Waals surface area contributed by atoms with E-state index in [0.717, 1.165) is 33.5 Å². The van der Waals surface area contributed by atoms with E-state index in [1.807, 2.05) is 34.6 Å². The van der Waals surface area contributed by atoms with Gasteiger partial charge in [-0.3, -0.25) is 0 Å². The number of aryl methyl sites for hydroxylation is 3. The van der Waals surface area contributed by atoms with Gasteiger partial charge in [0.1, 0.15) is 11.3 Å². The van der Waals surface area contributed by atoms with Crippen LogP contribution in [0.4, 0.5) is 0 Å². The second-order valence-corrected chi connectivity index (χ2v) is 10.4. The van der Waals surface area contributed by atoms with Crippen molar-refractivity contribution in [2.75, 3.05) is 0 Å². The third-order valence-corrected chi connectivity index (χ3v) is 7.44. The molecule has 4 aromatic rings. The number of hydrogen-bond donors (Lipinski definition) is 1. The lowest BCUT2D eigenvalue weighted by molar-refractivity contribution is 0.474. The van der Waals surface area contributed by atoms with Crippen LogP contribution in [0.2, 0.25) is 0 Å². The van der Waals surface area contributed by atoms with Gasteiger partial charge < -0.3 is 5.11 Å². The second kappa shape index (κ2) is 8.06. The maximum absolute atomic E-state index is 13.4. The smallest absolute Gasteiger partial charge is 0.269 e. The van der Waals surface area contributed by atoms with Crippen LogP contribution in [0.3, 0.4) is 0 Å². The van der Waals surface area contributed by atoms with E-state index >= 15 is 0 Å². The van der Waals surface area contributed by atoms with Crippen molar-refractivity contribution in [2.24, 2.45) is 0 Å². The van der Waals surface area contributed by atoms with Crippen molar-refractivity contribution in [1.82, 2.24) is 13.9 Å². The molecule has 7 heteroatoms. The number of phenols is 1. The average Bonchev–Trinajstić information content (AvgIpc) is 3.11. The lowest BCUT2D eigenvalue weighted by Gasteiger charge is -2.11. The number of nitrogens with zero attached hydrogens (tertiary/aromatic N) is 3. The van der Waals surface area contributed by atoms with Gasteiger partial charge in [-0.15, -0.1) is 0 Å². The van der Waals surface area contributed by atoms with Gasteiger partial charge in [0.25, 0.3) is 10.0 Å². The lowest BCUT2D eigenvalue weighted by Crippen LogP contribution is -2.12. The number of aromatic hydroxyl groups is 1. The molecule has 0 saturated carbocycles. The zero-order valence-electron chi connectivity index (χ0n) is 18.9. The van der Waals surface area contributed by atoms with Crippen molar-refractivity contribution in [3.63, 3.8) is 0 Å². The first-order chi connectivity index (χ1) is 15.1. The summed E-state index contributed by atoms with van der Waals surface area (Å²) in [7, 11) is -3.80. The van der Waals surface area contributed by atoms with Crippen molar-refractivity contribution in [2.45, 2.75) is 51.9 Å². The molecule has 0 aliphatic rings. The fourth-order valence-corrected chi connectivity index (χ4v) is 5.29. The molecule has 32 heavy (non-hydrogen) atoms. The molecular weight excluding hydrogens is 422 g/mol. The summed E-state index contributed by atoms with van der Waals surface area (Å²) in [6, 6.07) is 10.3. The maximum Gasteiger partial charge on any atom is 0.269 e. The third-order valence-electron chi connectivity index (χ3n) is 5.78. The van der Waals surface area contributed by atoms with E-state index in [1.54, 1.807) is 48.8 Å². The third kappa shape index (κ3) is 3.88. The Morgan fingerprint density at radius 1 is 1.03 bits per heavy atom. The summed E-state index contributed by atoms with van der Waals surface area (Å²) in [5, 5.41) is 9.82. The highest BCUT2D eigenvalue weighted by molar-refractivity contribution is 7.90. The van der Waals surface area contributed by atoms with Crippen LogP contribution < -0.4 is 0 Å². The van der Waals surface area contributed by atoms with Gasteiger partial charge in [-0.1, -0.05) is 31.5 Å². The van der Waals surface area contributed by atoms with Gasteiger partial charge in [0.15, 0.2) is 5.65 Å². The molecule has 0 radical (unpaired) electrons. The Hall–Kier alpha value is -3.19. The van der Waals surface area contributed by atoms with Gasteiger partial charge in [0.2, 0.25) is 0 Å². The molecule has 0 spiro atoms. The van der Waals surface area contributed by atoms with Crippen molar-refractivity contribution in [3.05, 3.63) is 82.3 Å². The Balaban J connectivity index is 1.84. The molecule has 0 aliphatic carbocycles. The Kier molecular flexibility index (Phi) is 5.54. The first-order valence-corrected chi connectivity index (χ1v) is 12.0. The first-order valence-electron chi connectivity index (χ1n) is 10.6. The van der Waals surface area contributed by atoms with E-state index in [9.17, 15) is 13.5 Å². The Labute approximate surface area is 188 Å². The molecule has 0 saturated heterocycles. The largest absolute Gasteiger partial charge is 0.508 e. The highest BCUT2D eigenvalue weighted by Gasteiger charge is 2.24. The van der Waals surface area contributed by atoms with Gasteiger partial charge in [0, 0.05) is 18.2 Å². The first kappa shape index (κ1) is 22.0. The fraction of sp³-hybridized carbons (Fsp3) is 0.280. The zero-order chi connectivity index (χ0) is 23.2. The normalized spacial score (nSPS) is 12.1. The minimum atomic E-state index is -3.80. The average molecular weight is 450 g/mol. The van der Waals surface area contributed by atoms with E-state index in [0.29, 0.717) is 17.6 Å². The van der Waals surface area contributed by atoms with E-state index in [4.69, 9.17) is 4.98 Å². The second-order valence-electron chi connectivity index (χ2n) is 8.62. The van der Waals surface area contributed by atoms with Crippen LogP contribution in [0, 0.1) is 20.8 Å². The van der Waals surface area contributed by atoms with Crippen LogP contribution in [0.5, 0.6) is 5.75 Å². The topological polar surface area (TPSA) is 85.1 Å². The van der Waals surface area contributed by atoms with Crippen molar-refractivity contribution >= 4 is 21.2 Å². The lowest BCUT2D eigenvalue weighted by atomic mass is 9.98. The Morgan fingerprint density at radius 3 is 2.25 bits per heavy atom. The van der Waals surface area contributed by atoms with Crippen LogP contribution >= 0.6 is 0 Å². The van der Waals surface area contributed by atoms with Crippen molar-refractivity contribution < 1.29 is 13.5 Å². The number of rotatable bonds is 5. The molecule has 0 amide bonds. The molecule has 0 atom stereocenters. The number of benzene rings is 2. The summed E-state index contributed by atoms with van der Waals surface area (Å²) in [4.78, 5) is 9.59. The molecule has 1 N–H and O–H groups in total. The van der Waals surface area contributed by atoms with Crippen LogP contribution in [-0.4, -0.2) is 27.5 Å². The van der Waals surface area contributed by atoms with E-state index < -0.39 is 10.0 Å². The van der Waals surface area contributed by atoms with Crippen LogP contribution in [0.15, 0.2) is 53.7 Å². The Bertz CT molecular complexity index is 1400. The summed E-state index contributed by atoms with van der Waals surface area (Å²) >= 11 is 0. The minimum absolute atomic E-state index is 0.0775. The molecule has 0 bridgehead atoms. The molecule has 0 fully saturated rings. The zero-order valence-corrected chi connectivity index (χ0v) is 19.7. The standard InChI is InChI=1S/C25H27N3O3S/c1-15(2)23-14-28(32(30,31)21-8-6-16(3)7-9-21)25-24(23)27-19(13-26-25)12-22-17(4)10-20(29)11-18(22)5/h6-11,13-15,29H,12H2,1-5H3. The molecular formula is C25H27N3O3S. The minimum Gasteiger partial charge on any atom is -0.508 e. The van der Waals surface area contributed by atoms with E-state index in [1.165, 1.54) is 3.97 Å². The summed E-state index contributed by atoms with van der Waals surface area (Å²) in [6.07, 6.45) is 3.83. The molecule has 4 rings (SSSR count). The van der Waals surface area contributed by atoms with Gasteiger partial charge in [0.05, 0.1) is 16.8 Å². The van der Waals surface area contributed by atoms with E-state index in [-0.39, 0.29) is 16.6 Å². The monoisotopic (exact) mass is 449 g/mol. The van der Waals surface area contributed by atoms with Crippen LogP contribution in [0.25, 0.3) is 11.2 Å². The number of hydrogen-bond acceptors (Lipinski definition) is 5.